The van der Waals surface area contributed by atoms with Gasteiger partial charge < -0.3 is 4.90 Å². The largest absolute Gasteiger partial charge is 0.310 e. The Morgan fingerprint density at radius 1 is 0.314 bits per heavy atom. The van der Waals surface area contributed by atoms with Crippen LogP contribution in [0.5, 0.6) is 0 Å². The van der Waals surface area contributed by atoms with Gasteiger partial charge in [0, 0.05) is 16.8 Å². The molecule has 1 heteroatoms. The molecule has 0 aliphatic carbocycles. The van der Waals surface area contributed by atoms with Gasteiger partial charge in [-0.3, -0.25) is 0 Å². The van der Waals surface area contributed by atoms with Crippen LogP contribution in [0, 0.1) is 0 Å². The third-order valence-electron chi connectivity index (χ3n) is 10.1. The predicted octanol–water partition coefficient (Wildman–Crippen LogP) is 14.3. The fourth-order valence-electron chi connectivity index (χ4n) is 7.61. The van der Waals surface area contributed by atoms with Crippen molar-refractivity contribution >= 4 is 70.9 Å². The summed E-state index contributed by atoms with van der Waals surface area (Å²) in [6.07, 6.45) is 0. The van der Waals surface area contributed by atoms with Crippen molar-refractivity contribution in [2.24, 2.45) is 0 Å². The van der Waals surface area contributed by atoms with E-state index in [4.69, 9.17) is 0 Å². The standard InChI is InChI=1S/C50H33N/c1-4-14-43-35(10-1)13-9-19-45(43)37-24-29-42(30-25-37)51(50-33-39-12-3-6-16-46(39)48-17-7-8-18-49(48)50)41-27-22-34(23-28-41)38-26-31-47-40(32-38)21-20-36-11-2-5-15-44(36)47/h1-33H/i22D,23D,27D,28D. The monoisotopic (exact) mass is 651 g/mol. The van der Waals surface area contributed by atoms with Gasteiger partial charge in [-0.1, -0.05) is 164 Å². The highest BCUT2D eigenvalue weighted by Crippen LogP contribution is 2.43. The Hall–Kier alpha value is -6.70. The average Bonchev–Trinajstić information content (AvgIpc) is 3.24. The summed E-state index contributed by atoms with van der Waals surface area (Å²) in [5, 5.41) is 10.8. The Morgan fingerprint density at radius 2 is 0.843 bits per heavy atom. The van der Waals surface area contributed by atoms with E-state index in [-0.39, 0.29) is 35.4 Å². The molecule has 0 atom stereocenters. The smallest absolute Gasteiger partial charge is 0.0645 e. The fourth-order valence-corrected chi connectivity index (χ4v) is 7.61. The van der Waals surface area contributed by atoms with Crippen LogP contribution in [0.1, 0.15) is 5.48 Å². The van der Waals surface area contributed by atoms with Gasteiger partial charge in [-0.15, -0.1) is 0 Å². The van der Waals surface area contributed by atoms with Crippen molar-refractivity contribution in [3.8, 4) is 22.3 Å². The van der Waals surface area contributed by atoms with Crippen LogP contribution in [0.4, 0.5) is 17.1 Å². The van der Waals surface area contributed by atoms with Crippen molar-refractivity contribution in [3.63, 3.8) is 0 Å². The highest BCUT2D eigenvalue weighted by Gasteiger charge is 2.18. The van der Waals surface area contributed by atoms with E-state index in [0.717, 1.165) is 76.4 Å². The lowest BCUT2D eigenvalue weighted by molar-refractivity contribution is 1.30. The van der Waals surface area contributed by atoms with Crippen molar-refractivity contribution < 1.29 is 5.48 Å². The topological polar surface area (TPSA) is 3.24 Å². The second-order valence-electron chi connectivity index (χ2n) is 13.0. The molecular weight excluding hydrogens is 615 g/mol. The van der Waals surface area contributed by atoms with Gasteiger partial charge >= 0.3 is 0 Å². The van der Waals surface area contributed by atoms with E-state index in [1.54, 1.807) is 0 Å². The first-order valence-electron chi connectivity index (χ1n) is 19.3. The van der Waals surface area contributed by atoms with Gasteiger partial charge in [0.1, 0.15) is 0 Å². The lowest BCUT2D eigenvalue weighted by Gasteiger charge is -2.28. The second kappa shape index (κ2) is 12.0. The van der Waals surface area contributed by atoms with Gasteiger partial charge in [0.05, 0.1) is 11.2 Å². The molecule has 0 saturated carbocycles. The van der Waals surface area contributed by atoms with Gasteiger partial charge in [0.15, 0.2) is 0 Å². The minimum atomic E-state index is -0.107. The molecule has 0 heterocycles. The maximum absolute atomic E-state index is 9.63. The van der Waals surface area contributed by atoms with Crippen LogP contribution in [0.15, 0.2) is 200 Å². The van der Waals surface area contributed by atoms with Crippen LogP contribution in [0.2, 0.25) is 0 Å². The molecule has 0 saturated heterocycles. The fraction of sp³-hybridized carbons (Fsp3) is 0. The maximum Gasteiger partial charge on any atom is 0.0645 e. The Labute approximate surface area is 302 Å². The lowest BCUT2D eigenvalue weighted by atomic mass is 9.96. The van der Waals surface area contributed by atoms with E-state index in [9.17, 15) is 5.48 Å². The Balaban J connectivity index is 1.20. The van der Waals surface area contributed by atoms with Crippen molar-refractivity contribution in [2.75, 3.05) is 4.90 Å². The Bertz CT molecular complexity index is 3120. The van der Waals surface area contributed by atoms with Crippen LogP contribution >= 0.6 is 0 Å². The average molecular weight is 652 g/mol. The summed E-state index contributed by atoms with van der Waals surface area (Å²) >= 11 is 0. The summed E-state index contributed by atoms with van der Waals surface area (Å²) in [6, 6.07) is 59.3. The molecule has 0 fully saturated rings. The number of hydrogen-bond acceptors (Lipinski definition) is 1. The summed E-state index contributed by atoms with van der Waals surface area (Å²) in [7, 11) is 0. The van der Waals surface area contributed by atoms with E-state index >= 15 is 0 Å². The van der Waals surface area contributed by atoms with Gasteiger partial charge in [-0.2, -0.15) is 0 Å². The van der Waals surface area contributed by atoms with E-state index < -0.39 is 0 Å². The van der Waals surface area contributed by atoms with Crippen molar-refractivity contribution in [3.05, 3.63) is 200 Å². The molecule has 0 spiro atoms. The SMILES string of the molecule is [2H]c1c([2H])c(N(c2ccc(-c3cccc4ccccc34)cc2)c2cc3ccccc3c3ccccc23)c([2H])c([2H])c1-c1ccc2c(ccc3ccccc32)c1. The molecule has 10 aromatic carbocycles. The quantitative estimate of drug-likeness (QED) is 0.167. The molecule has 10 aromatic rings. The zero-order valence-corrected chi connectivity index (χ0v) is 27.7. The van der Waals surface area contributed by atoms with Gasteiger partial charge in [0.25, 0.3) is 0 Å². The molecule has 0 radical (unpaired) electrons. The predicted molar refractivity (Wildman–Crippen MR) is 220 cm³/mol. The zero-order chi connectivity index (χ0) is 37.2. The molecule has 51 heavy (non-hydrogen) atoms. The summed E-state index contributed by atoms with van der Waals surface area (Å²) in [5.41, 5.74) is 4.79. The maximum atomic E-state index is 9.63. The summed E-state index contributed by atoms with van der Waals surface area (Å²) in [4.78, 5) is 1.92. The van der Waals surface area contributed by atoms with Crippen molar-refractivity contribution in [1.29, 1.82) is 0 Å². The number of benzene rings is 10. The number of rotatable bonds is 5. The number of hydrogen-bond donors (Lipinski definition) is 0. The van der Waals surface area contributed by atoms with E-state index in [0.29, 0.717) is 5.56 Å². The van der Waals surface area contributed by atoms with Crippen LogP contribution in [-0.4, -0.2) is 0 Å². The number of anilines is 3. The molecule has 0 bridgehead atoms. The second-order valence-corrected chi connectivity index (χ2v) is 13.0. The van der Waals surface area contributed by atoms with Crippen LogP contribution in [0.25, 0.3) is 76.1 Å². The zero-order valence-electron chi connectivity index (χ0n) is 31.7. The highest BCUT2D eigenvalue weighted by molar-refractivity contribution is 6.15. The molecular formula is C50H33N. The summed E-state index contributed by atoms with van der Waals surface area (Å²) < 4.78 is 38.2. The first-order chi connectivity index (χ1) is 27.0. The molecule has 0 N–H and O–H groups in total. The minimum Gasteiger partial charge on any atom is -0.310 e. The first-order valence-corrected chi connectivity index (χ1v) is 17.3. The minimum absolute atomic E-state index is 0.0846. The molecule has 1 nitrogen and oxygen atoms in total. The molecule has 0 aliphatic heterocycles. The van der Waals surface area contributed by atoms with E-state index in [1.807, 2.05) is 77.7 Å². The van der Waals surface area contributed by atoms with Gasteiger partial charge in [-0.25, -0.2) is 0 Å². The molecule has 0 aliphatic rings. The first kappa shape index (κ1) is 25.3. The van der Waals surface area contributed by atoms with E-state index in [2.05, 4.69) is 103 Å². The Morgan fingerprint density at radius 3 is 1.61 bits per heavy atom. The molecule has 0 aromatic heterocycles. The number of nitrogens with zero attached hydrogens (tertiary/aromatic N) is 1. The van der Waals surface area contributed by atoms with Crippen molar-refractivity contribution in [2.45, 2.75) is 0 Å². The summed E-state index contributed by atoms with van der Waals surface area (Å²) in [6.45, 7) is 0. The summed E-state index contributed by atoms with van der Waals surface area (Å²) in [5.74, 6) is 0. The third kappa shape index (κ3) is 5.02. The molecule has 238 valence electrons. The molecule has 0 amide bonds. The third-order valence-corrected chi connectivity index (χ3v) is 10.1. The van der Waals surface area contributed by atoms with Crippen molar-refractivity contribution in [1.82, 2.24) is 0 Å². The van der Waals surface area contributed by atoms with E-state index in [1.165, 1.54) is 0 Å². The van der Waals surface area contributed by atoms with Crippen LogP contribution in [-0.2, 0) is 0 Å². The molecule has 10 rings (SSSR count). The van der Waals surface area contributed by atoms with Gasteiger partial charge in [0.2, 0.25) is 0 Å². The normalized spacial score (nSPS) is 12.6. The Kier molecular flexibility index (Phi) is 5.96. The van der Waals surface area contributed by atoms with Crippen LogP contribution in [0.3, 0.4) is 0 Å². The highest BCUT2D eigenvalue weighted by atomic mass is 15.1. The van der Waals surface area contributed by atoms with Gasteiger partial charge in [-0.05, 0) is 107 Å². The lowest BCUT2D eigenvalue weighted by Crippen LogP contribution is -2.10. The van der Waals surface area contributed by atoms with Crippen LogP contribution < -0.4 is 4.90 Å². The number of fused-ring (bicyclic) bond motifs is 7. The molecule has 0 unspecified atom stereocenters.